The lowest BCUT2D eigenvalue weighted by Gasteiger charge is -2.17. The molecule has 0 unspecified atom stereocenters. The maximum atomic E-state index is 13.4. The Morgan fingerprint density at radius 2 is 1.81 bits per heavy atom. The molecule has 0 heterocycles. The van der Waals surface area contributed by atoms with Crippen LogP contribution in [-0.4, -0.2) is 19.1 Å². The van der Waals surface area contributed by atoms with Gasteiger partial charge < -0.3 is 14.8 Å². The summed E-state index contributed by atoms with van der Waals surface area (Å²) >= 11 is 0. The molecule has 0 aliphatic heterocycles. The molecule has 0 radical (unpaired) electrons. The molecule has 4 nitrogen and oxygen atoms in total. The molecule has 0 fully saturated rings. The Balaban J connectivity index is 2.21. The second-order valence-electron chi connectivity index (χ2n) is 6.26. The van der Waals surface area contributed by atoms with Gasteiger partial charge in [-0.05, 0) is 43.2 Å². The Kier molecular flexibility index (Phi) is 6.85. The van der Waals surface area contributed by atoms with Crippen molar-refractivity contribution in [1.82, 2.24) is 5.32 Å². The van der Waals surface area contributed by atoms with Crippen molar-refractivity contribution in [2.75, 3.05) is 7.11 Å². The monoisotopic (exact) mass is 381 g/mol. The molecule has 0 saturated carbocycles. The number of hydrogen-bond donors (Lipinski definition) is 1. The SMILES string of the molecule is COCc1ccccc1C(=O)NCc1ccc(OC(C)C)cc1C(F)(F)F. The summed E-state index contributed by atoms with van der Waals surface area (Å²) in [4.78, 5) is 12.4. The maximum Gasteiger partial charge on any atom is 0.416 e. The fourth-order valence-corrected chi connectivity index (χ4v) is 2.61. The number of carbonyl (C=O) groups excluding carboxylic acids is 1. The average Bonchev–Trinajstić information content (AvgIpc) is 2.60. The predicted molar refractivity (Wildman–Crippen MR) is 95.5 cm³/mol. The number of hydrogen-bond acceptors (Lipinski definition) is 3. The molecule has 146 valence electrons. The maximum absolute atomic E-state index is 13.4. The summed E-state index contributed by atoms with van der Waals surface area (Å²) in [6.45, 7) is 3.45. The van der Waals surface area contributed by atoms with Crippen molar-refractivity contribution in [3.63, 3.8) is 0 Å². The first-order valence-electron chi connectivity index (χ1n) is 8.44. The molecule has 0 bridgehead atoms. The smallest absolute Gasteiger partial charge is 0.416 e. The second-order valence-corrected chi connectivity index (χ2v) is 6.26. The van der Waals surface area contributed by atoms with E-state index in [0.29, 0.717) is 11.1 Å². The number of rotatable bonds is 7. The van der Waals surface area contributed by atoms with E-state index in [1.54, 1.807) is 38.1 Å². The molecular weight excluding hydrogens is 359 g/mol. The highest BCUT2D eigenvalue weighted by Crippen LogP contribution is 2.34. The van der Waals surface area contributed by atoms with E-state index < -0.39 is 17.6 Å². The third-order valence-electron chi connectivity index (χ3n) is 3.76. The van der Waals surface area contributed by atoms with E-state index in [-0.39, 0.29) is 30.6 Å². The fourth-order valence-electron chi connectivity index (χ4n) is 2.61. The third-order valence-corrected chi connectivity index (χ3v) is 3.76. The van der Waals surface area contributed by atoms with Crippen LogP contribution in [0.1, 0.15) is 40.9 Å². The Morgan fingerprint density at radius 3 is 2.44 bits per heavy atom. The van der Waals surface area contributed by atoms with Gasteiger partial charge >= 0.3 is 6.18 Å². The van der Waals surface area contributed by atoms with Gasteiger partial charge in [0, 0.05) is 19.2 Å². The highest BCUT2D eigenvalue weighted by atomic mass is 19.4. The van der Waals surface area contributed by atoms with Gasteiger partial charge in [0.05, 0.1) is 18.3 Å². The summed E-state index contributed by atoms with van der Waals surface area (Å²) in [7, 11) is 1.51. The van der Waals surface area contributed by atoms with E-state index in [2.05, 4.69) is 5.32 Å². The van der Waals surface area contributed by atoms with Crippen LogP contribution in [0.2, 0.25) is 0 Å². The number of halogens is 3. The van der Waals surface area contributed by atoms with E-state index in [0.717, 1.165) is 6.07 Å². The number of alkyl halides is 3. The zero-order valence-corrected chi connectivity index (χ0v) is 15.4. The molecule has 2 aromatic carbocycles. The minimum atomic E-state index is -4.55. The summed E-state index contributed by atoms with van der Waals surface area (Å²) < 4.78 is 50.6. The van der Waals surface area contributed by atoms with Crippen LogP contribution in [0.3, 0.4) is 0 Å². The van der Waals surface area contributed by atoms with E-state index in [9.17, 15) is 18.0 Å². The first-order chi connectivity index (χ1) is 12.7. The van der Waals surface area contributed by atoms with Gasteiger partial charge in [-0.2, -0.15) is 13.2 Å². The molecule has 1 amide bonds. The van der Waals surface area contributed by atoms with Crippen molar-refractivity contribution >= 4 is 5.91 Å². The van der Waals surface area contributed by atoms with Gasteiger partial charge in [0.25, 0.3) is 5.91 Å². The van der Waals surface area contributed by atoms with Gasteiger partial charge in [-0.25, -0.2) is 0 Å². The number of carbonyl (C=O) groups is 1. The first-order valence-corrected chi connectivity index (χ1v) is 8.44. The van der Waals surface area contributed by atoms with Crippen molar-refractivity contribution in [3.05, 3.63) is 64.7 Å². The molecule has 0 aliphatic rings. The molecule has 0 spiro atoms. The molecule has 27 heavy (non-hydrogen) atoms. The molecule has 0 aliphatic carbocycles. The Morgan fingerprint density at radius 1 is 1.11 bits per heavy atom. The van der Waals surface area contributed by atoms with Gasteiger partial charge in [-0.1, -0.05) is 24.3 Å². The second kappa shape index (κ2) is 8.90. The standard InChI is InChI=1S/C20H22F3NO3/c1-13(2)27-16-9-8-14(18(10-16)20(21,22)23)11-24-19(25)17-7-5-4-6-15(17)12-26-3/h4-10,13H,11-12H2,1-3H3,(H,24,25). The summed E-state index contributed by atoms with van der Waals surface area (Å²) in [5, 5.41) is 2.55. The van der Waals surface area contributed by atoms with Crippen LogP contribution in [0.5, 0.6) is 5.75 Å². The molecule has 2 aromatic rings. The van der Waals surface area contributed by atoms with Crippen molar-refractivity contribution in [2.24, 2.45) is 0 Å². The predicted octanol–water partition coefficient (Wildman–Crippen LogP) is 4.57. The van der Waals surface area contributed by atoms with Crippen LogP contribution < -0.4 is 10.1 Å². The van der Waals surface area contributed by atoms with Gasteiger partial charge in [-0.3, -0.25) is 4.79 Å². The van der Waals surface area contributed by atoms with Crippen LogP contribution in [0.4, 0.5) is 13.2 Å². The highest BCUT2D eigenvalue weighted by Gasteiger charge is 2.34. The largest absolute Gasteiger partial charge is 0.491 e. The highest BCUT2D eigenvalue weighted by molar-refractivity contribution is 5.95. The molecule has 0 saturated heterocycles. The van der Waals surface area contributed by atoms with E-state index >= 15 is 0 Å². The van der Waals surface area contributed by atoms with E-state index in [4.69, 9.17) is 9.47 Å². The van der Waals surface area contributed by atoms with Crippen molar-refractivity contribution < 1.29 is 27.4 Å². The minimum Gasteiger partial charge on any atom is -0.491 e. The number of nitrogens with one attached hydrogen (secondary N) is 1. The lowest BCUT2D eigenvalue weighted by Crippen LogP contribution is -2.25. The summed E-state index contributed by atoms with van der Waals surface area (Å²) in [6, 6.07) is 10.5. The fraction of sp³-hybridized carbons (Fsp3) is 0.350. The van der Waals surface area contributed by atoms with Crippen LogP contribution in [-0.2, 0) is 24.1 Å². The first kappa shape index (κ1) is 20.8. The van der Waals surface area contributed by atoms with Gasteiger partial charge in [0.15, 0.2) is 0 Å². The zero-order valence-electron chi connectivity index (χ0n) is 15.4. The molecule has 0 aromatic heterocycles. The minimum absolute atomic E-state index is 0.0313. The number of benzene rings is 2. The average molecular weight is 381 g/mol. The Bertz CT molecular complexity index is 788. The normalized spacial score (nSPS) is 11.5. The summed E-state index contributed by atoms with van der Waals surface area (Å²) in [5.41, 5.74) is 0.171. The van der Waals surface area contributed by atoms with Crippen molar-refractivity contribution in [1.29, 1.82) is 0 Å². The van der Waals surface area contributed by atoms with E-state index in [1.807, 2.05) is 0 Å². The summed E-state index contributed by atoms with van der Waals surface area (Å²) in [5.74, 6) is -0.323. The van der Waals surface area contributed by atoms with Gasteiger partial charge in [0.2, 0.25) is 0 Å². The zero-order chi connectivity index (χ0) is 20.0. The van der Waals surface area contributed by atoms with Crippen LogP contribution >= 0.6 is 0 Å². The van der Waals surface area contributed by atoms with E-state index in [1.165, 1.54) is 19.2 Å². The Hall–Kier alpha value is -2.54. The topological polar surface area (TPSA) is 47.6 Å². The van der Waals surface area contributed by atoms with Crippen LogP contribution in [0.15, 0.2) is 42.5 Å². The van der Waals surface area contributed by atoms with Crippen molar-refractivity contribution in [3.8, 4) is 5.75 Å². The number of amides is 1. The summed E-state index contributed by atoms with van der Waals surface area (Å²) in [6.07, 6.45) is -4.79. The molecule has 7 heteroatoms. The quantitative estimate of drug-likeness (QED) is 0.764. The number of ether oxygens (including phenoxy) is 2. The molecule has 2 rings (SSSR count). The van der Waals surface area contributed by atoms with Gasteiger partial charge in [0.1, 0.15) is 5.75 Å². The Labute approximate surface area is 156 Å². The van der Waals surface area contributed by atoms with Crippen LogP contribution in [0.25, 0.3) is 0 Å². The van der Waals surface area contributed by atoms with Crippen molar-refractivity contribution in [2.45, 2.75) is 39.3 Å². The molecule has 1 N–H and O–H groups in total. The van der Waals surface area contributed by atoms with Crippen LogP contribution in [0, 0.1) is 0 Å². The molecular formula is C20H22F3NO3. The number of methoxy groups -OCH3 is 1. The molecule has 0 atom stereocenters. The lowest BCUT2D eigenvalue weighted by molar-refractivity contribution is -0.138. The lowest BCUT2D eigenvalue weighted by atomic mass is 10.0. The van der Waals surface area contributed by atoms with Gasteiger partial charge in [-0.15, -0.1) is 0 Å². The third kappa shape index (κ3) is 5.72.